The van der Waals surface area contributed by atoms with Crippen LogP contribution in [0.1, 0.15) is 18.1 Å². The van der Waals surface area contributed by atoms with Crippen LogP contribution in [-0.4, -0.2) is 12.6 Å². The van der Waals surface area contributed by atoms with E-state index in [1.807, 2.05) is 31.2 Å². The predicted octanol–water partition coefficient (Wildman–Crippen LogP) is 4.84. The van der Waals surface area contributed by atoms with Crippen molar-refractivity contribution in [3.63, 3.8) is 0 Å². The van der Waals surface area contributed by atoms with Crippen molar-refractivity contribution in [1.82, 2.24) is 0 Å². The summed E-state index contributed by atoms with van der Waals surface area (Å²) in [6.45, 7) is 6.98. The molecule has 0 saturated carbocycles. The number of hydrogen-bond acceptors (Lipinski definition) is 2. The summed E-state index contributed by atoms with van der Waals surface area (Å²) in [7, 11) is 0. The lowest BCUT2D eigenvalue weighted by Crippen LogP contribution is -2.23. The third kappa shape index (κ3) is 3.67. The van der Waals surface area contributed by atoms with E-state index < -0.39 is 0 Å². The second-order valence-corrected chi connectivity index (χ2v) is 5.41. The Hall–Kier alpha value is -1.67. The van der Waals surface area contributed by atoms with Gasteiger partial charge in [-0.2, -0.15) is 0 Å². The molecule has 0 aliphatic heterocycles. The molecule has 0 radical (unpaired) electrons. The number of benzene rings is 2. The molecule has 3 heteroatoms. The fourth-order valence-corrected chi connectivity index (χ4v) is 2.32. The van der Waals surface area contributed by atoms with Crippen LogP contribution >= 0.6 is 11.6 Å². The highest BCUT2D eigenvalue weighted by atomic mass is 35.5. The number of hydrogen-bond donors (Lipinski definition) is 1. The van der Waals surface area contributed by atoms with Crippen molar-refractivity contribution < 1.29 is 4.74 Å². The van der Waals surface area contributed by atoms with Gasteiger partial charge in [-0.05, 0) is 44.0 Å². The summed E-state index contributed by atoms with van der Waals surface area (Å²) in [5, 5.41) is 4.10. The zero-order valence-corrected chi connectivity index (χ0v) is 12.9. The van der Waals surface area contributed by atoms with Crippen molar-refractivity contribution in [3.8, 4) is 5.75 Å². The average Bonchev–Trinajstić information content (AvgIpc) is 2.41. The highest BCUT2D eigenvalue weighted by Gasteiger charge is 2.08. The quantitative estimate of drug-likeness (QED) is 0.851. The molecular formula is C17H20ClNO. The van der Waals surface area contributed by atoms with Gasteiger partial charge in [0, 0.05) is 5.69 Å². The minimum atomic E-state index is 0.0360. The molecule has 0 bridgehead atoms. The number of anilines is 1. The molecule has 1 unspecified atom stereocenters. The Balaban J connectivity index is 1.96. The highest BCUT2D eigenvalue weighted by molar-refractivity contribution is 6.32. The van der Waals surface area contributed by atoms with Crippen LogP contribution in [0.25, 0.3) is 0 Å². The van der Waals surface area contributed by atoms with Crippen molar-refractivity contribution in [2.24, 2.45) is 0 Å². The Bertz CT molecular complexity index is 563. The van der Waals surface area contributed by atoms with Gasteiger partial charge in [0.25, 0.3) is 0 Å². The first kappa shape index (κ1) is 14.7. The molecule has 2 aromatic rings. The van der Waals surface area contributed by atoms with Gasteiger partial charge in [0.2, 0.25) is 0 Å². The van der Waals surface area contributed by atoms with Crippen LogP contribution in [0, 0.1) is 13.8 Å². The summed E-state index contributed by atoms with van der Waals surface area (Å²) in [5.74, 6) is 0.727. The average molecular weight is 290 g/mol. The maximum absolute atomic E-state index is 6.09. The molecular weight excluding hydrogens is 270 g/mol. The summed E-state index contributed by atoms with van der Waals surface area (Å²) in [4.78, 5) is 0. The first-order valence-corrected chi connectivity index (χ1v) is 7.17. The molecule has 20 heavy (non-hydrogen) atoms. The van der Waals surface area contributed by atoms with Crippen LogP contribution in [0.5, 0.6) is 5.75 Å². The Morgan fingerprint density at radius 3 is 2.35 bits per heavy atom. The highest BCUT2D eigenvalue weighted by Crippen LogP contribution is 2.24. The first-order valence-electron chi connectivity index (χ1n) is 6.79. The van der Waals surface area contributed by atoms with Crippen LogP contribution in [0.3, 0.4) is 0 Å². The third-order valence-electron chi connectivity index (χ3n) is 3.21. The van der Waals surface area contributed by atoms with Gasteiger partial charge in [-0.15, -0.1) is 0 Å². The molecule has 0 spiro atoms. The summed E-state index contributed by atoms with van der Waals surface area (Å²) in [6.07, 6.45) is 0.0360. The molecule has 2 aromatic carbocycles. The van der Waals surface area contributed by atoms with Crippen LogP contribution < -0.4 is 10.1 Å². The van der Waals surface area contributed by atoms with Crippen molar-refractivity contribution >= 4 is 17.3 Å². The molecule has 0 aliphatic rings. The fraction of sp³-hybridized carbons (Fsp3) is 0.294. The predicted molar refractivity (Wildman–Crippen MR) is 85.9 cm³/mol. The normalized spacial score (nSPS) is 12.0. The standard InChI is InChI=1S/C17H20ClNO/c1-12-7-6-8-13(2)17(12)19-11-14(3)20-16-10-5-4-9-15(16)18/h4-10,14,19H,11H2,1-3H3. The maximum Gasteiger partial charge on any atom is 0.138 e. The van der Waals surface area contributed by atoms with E-state index >= 15 is 0 Å². The fourth-order valence-electron chi connectivity index (χ4n) is 2.14. The number of aryl methyl sites for hydroxylation is 2. The monoisotopic (exact) mass is 289 g/mol. The number of halogens is 1. The van der Waals surface area contributed by atoms with Crippen molar-refractivity contribution in [2.45, 2.75) is 26.9 Å². The zero-order valence-electron chi connectivity index (χ0n) is 12.1. The van der Waals surface area contributed by atoms with Crippen LogP contribution in [-0.2, 0) is 0 Å². The van der Waals surface area contributed by atoms with Crippen molar-refractivity contribution in [3.05, 3.63) is 58.6 Å². The van der Waals surface area contributed by atoms with E-state index in [-0.39, 0.29) is 6.10 Å². The third-order valence-corrected chi connectivity index (χ3v) is 3.52. The minimum Gasteiger partial charge on any atom is -0.487 e. The van der Waals surface area contributed by atoms with Crippen LogP contribution in [0.15, 0.2) is 42.5 Å². The number of rotatable bonds is 5. The van der Waals surface area contributed by atoms with E-state index in [1.165, 1.54) is 16.8 Å². The molecule has 0 amide bonds. The molecule has 2 nitrogen and oxygen atoms in total. The lowest BCUT2D eigenvalue weighted by Gasteiger charge is -2.19. The minimum absolute atomic E-state index is 0.0360. The van der Waals surface area contributed by atoms with Gasteiger partial charge < -0.3 is 10.1 Å². The summed E-state index contributed by atoms with van der Waals surface area (Å²) in [6, 6.07) is 13.8. The van der Waals surface area contributed by atoms with E-state index in [1.54, 1.807) is 0 Å². The van der Waals surface area contributed by atoms with Gasteiger partial charge in [0.05, 0.1) is 11.6 Å². The number of para-hydroxylation sites is 2. The molecule has 0 saturated heterocycles. The van der Waals surface area contributed by atoms with E-state index in [9.17, 15) is 0 Å². The van der Waals surface area contributed by atoms with Crippen molar-refractivity contribution in [2.75, 3.05) is 11.9 Å². The largest absolute Gasteiger partial charge is 0.487 e. The van der Waals surface area contributed by atoms with Crippen LogP contribution in [0.2, 0.25) is 5.02 Å². The lowest BCUT2D eigenvalue weighted by atomic mass is 10.1. The molecule has 0 fully saturated rings. The summed E-state index contributed by atoms with van der Waals surface area (Å²) >= 11 is 6.09. The van der Waals surface area contributed by atoms with Gasteiger partial charge in [-0.1, -0.05) is 41.9 Å². The van der Waals surface area contributed by atoms with Crippen molar-refractivity contribution in [1.29, 1.82) is 0 Å². The van der Waals surface area contributed by atoms with E-state index in [0.29, 0.717) is 5.02 Å². The molecule has 0 aliphatic carbocycles. The molecule has 1 atom stereocenters. The van der Waals surface area contributed by atoms with E-state index in [4.69, 9.17) is 16.3 Å². The number of nitrogens with one attached hydrogen (secondary N) is 1. The molecule has 1 N–H and O–H groups in total. The smallest absolute Gasteiger partial charge is 0.138 e. The summed E-state index contributed by atoms with van der Waals surface area (Å²) in [5.41, 5.74) is 3.67. The molecule has 0 aromatic heterocycles. The van der Waals surface area contributed by atoms with Gasteiger partial charge in [-0.3, -0.25) is 0 Å². The Morgan fingerprint density at radius 2 is 1.70 bits per heavy atom. The first-order chi connectivity index (χ1) is 9.58. The van der Waals surface area contributed by atoms with Gasteiger partial charge in [-0.25, -0.2) is 0 Å². The van der Waals surface area contributed by atoms with E-state index in [0.717, 1.165) is 12.3 Å². The lowest BCUT2D eigenvalue weighted by molar-refractivity contribution is 0.235. The molecule has 2 rings (SSSR count). The van der Waals surface area contributed by atoms with Gasteiger partial charge >= 0.3 is 0 Å². The Labute approximate surface area is 125 Å². The van der Waals surface area contributed by atoms with Crippen LogP contribution in [0.4, 0.5) is 5.69 Å². The molecule has 0 heterocycles. The Kier molecular flexibility index (Phi) is 4.91. The molecule has 106 valence electrons. The summed E-state index contributed by atoms with van der Waals surface area (Å²) < 4.78 is 5.85. The van der Waals surface area contributed by atoms with E-state index in [2.05, 4.69) is 37.4 Å². The number of ether oxygens (including phenoxy) is 1. The van der Waals surface area contributed by atoms with Gasteiger partial charge in [0.1, 0.15) is 11.9 Å². The Morgan fingerprint density at radius 1 is 1.05 bits per heavy atom. The topological polar surface area (TPSA) is 21.3 Å². The second-order valence-electron chi connectivity index (χ2n) is 5.01. The second kappa shape index (κ2) is 6.67. The SMILES string of the molecule is Cc1cccc(C)c1NCC(C)Oc1ccccc1Cl. The van der Waals surface area contributed by atoms with Gasteiger partial charge in [0.15, 0.2) is 0 Å². The zero-order chi connectivity index (χ0) is 14.5. The maximum atomic E-state index is 6.09.